The predicted molar refractivity (Wildman–Crippen MR) is 359 cm³/mol. The van der Waals surface area contributed by atoms with Gasteiger partial charge in [-0.05, 0) is 69.1 Å². The number of aryl methyl sites for hydroxylation is 1. The zero-order chi connectivity index (χ0) is 68.7. The molecular formula is C62H67N13O15S6. The highest BCUT2D eigenvalue weighted by atomic mass is 32.1. The summed E-state index contributed by atoms with van der Waals surface area (Å²) in [4.78, 5) is 154. The van der Waals surface area contributed by atoms with Crippen LogP contribution in [0.1, 0.15) is 158 Å². The number of hydrogen-bond donors (Lipinski definition) is 9. The topological polar surface area (TPSA) is 407 Å². The number of thiazole rings is 6. The molecule has 5 atom stereocenters. The maximum Gasteiger partial charge on any atom is 0.415 e. The number of carbonyl (C=O) groups excluding carboxylic acids is 6. The third-order valence-corrected chi connectivity index (χ3v) is 20.7. The van der Waals surface area contributed by atoms with Gasteiger partial charge in [-0.2, -0.15) is 0 Å². The Balaban J connectivity index is 1.08. The van der Waals surface area contributed by atoms with E-state index >= 15 is 0 Å². The summed E-state index contributed by atoms with van der Waals surface area (Å²) in [6.45, 7) is 4.77. The first-order valence-corrected chi connectivity index (χ1v) is 35.3. The van der Waals surface area contributed by atoms with Crippen LogP contribution < -0.4 is 31.5 Å². The number of aliphatic hydroxyl groups is 1. The van der Waals surface area contributed by atoms with E-state index in [1.54, 1.807) is 65.5 Å². The minimum atomic E-state index is -1.32. The van der Waals surface area contributed by atoms with Crippen molar-refractivity contribution in [1.82, 2.24) is 61.5 Å². The zero-order valence-corrected chi connectivity index (χ0v) is 57.2. The molecule has 8 aromatic rings. The molecule has 0 aliphatic carbocycles. The Kier molecular flexibility index (Phi) is 24.7. The highest BCUT2D eigenvalue weighted by Crippen LogP contribution is 2.41. The highest BCUT2D eigenvalue weighted by molar-refractivity contribution is 7.15. The molecule has 8 heterocycles. The van der Waals surface area contributed by atoms with Crippen LogP contribution in [-0.2, 0) is 40.1 Å². The summed E-state index contributed by atoms with van der Waals surface area (Å²) in [7, 11) is 2.90. The number of ether oxygens (including phenoxy) is 2. The maximum atomic E-state index is 14.4. The minimum Gasteiger partial charge on any atom is -0.481 e. The number of carboxylic acid groups (broad SMARTS) is 3. The lowest BCUT2D eigenvalue weighted by Crippen LogP contribution is -2.40. The van der Waals surface area contributed by atoms with Crippen molar-refractivity contribution in [3.05, 3.63) is 111 Å². The van der Waals surface area contributed by atoms with Crippen LogP contribution in [0.2, 0.25) is 0 Å². The van der Waals surface area contributed by atoms with Crippen LogP contribution >= 0.6 is 68.0 Å². The van der Waals surface area contributed by atoms with Crippen LogP contribution in [0.4, 0.5) is 10.6 Å². The molecule has 0 radical (unpaired) electrons. The van der Waals surface area contributed by atoms with Crippen molar-refractivity contribution < 1.29 is 73.1 Å². The summed E-state index contributed by atoms with van der Waals surface area (Å²) in [6, 6.07) is 9.13. The molecule has 6 amide bonds. The van der Waals surface area contributed by atoms with Crippen molar-refractivity contribution in [2.45, 2.75) is 109 Å². The van der Waals surface area contributed by atoms with Crippen molar-refractivity contribution in [2.75, 3.05) is 38.8 Å². The molecule has 0 saturated heterocycles. The number of unbranched alkanes of at least 4 members (excludes halogenated alkanes) is 2. The lowest BCUT2D eigenvalue weighted by atomic mass is 9.97. The van der Waals surface area contributed by atoms with E-state index in [0.29, 0.717) is 69.4 Å². The average Bonchev–Trinajstić information content (AvgIpc) is 1.82. The van der Waals surface area contributed by atoms with Gasteiger partial charge in [-0.3, -0.25) is 43.3 Å². The Labute approximate surface area is 573 Å². The molecule has 1 aromatic carbocycles. The van der Waals surface area contributed by atoms with Gasteiger partial charge >= 0.3 is 24.0 Å². The number of hydrogen-bond acceptors (Lipinski definition) is 25. The molecule has 0 saturated carbocycles. The lowest BCUT2D eigenvalue weighted by Gasteiger charge is -2.23. The Bertz CT molecular complexity index is 4130. The third kappa shape index (κ3) is 18.2. The molecule has 7 aromatic heterocycles. The second-order valence-electron chi connectivity index (χ2n) is 22.2. The van der Waals surface area contributed by atoms with Crippen LogP contribution in [0.3, 0.4) is 0 Å². The Hall–Kier alpha value is -8.90. The van der Waals surface area contributed by atoms with Crippen LogP contribution in [-0.4, -0.2) is 143 Å². The number of aliphatic hydroxyl groups excluding tert-OH is 1. The number of carbonyl (C=O) groups is 9. The predicted octanol–water partition coefficient (Wildman–Crippen LogP) is 9.25. The third-order valence-electron chi connectivity index (χ3n) is 15.0. The van der Waals surface area contributed by atoms with Crippen LogP contribution in [0.5, 0.6) is 0 Å². The molecule has 9 rings (SSSR count). The van der Waals surface area contributed by atoms with E-state index in [1.807, 2.05) is 13.8 Å². The maximum absolute atomic E-state index is 14.4. The van der Waals surface area contributed by atoms with E-state index in [9.17, 15) is 58.5 Å². The summed E-state index contributed by atoms with van der Waals surface area (Å²) < 4.78 is 11.1. The molecule has 9 N–H and O–H groups in total. The first-order chi connectivity index (χ1) is 46.1. The quantitative estimate of drug-likeness (QED) is 0.0269. The van der Waals surface area contributed by atoms with Crippen molar-refractivity contribution in [3.8, 4) is 43.4 Å². The SMILES string of the molecule is CNC(=O)C[C@@H]1NC(=O)c2csc(n2)-c2ccc(-c3nc(N(CCCCC(=O)O)C(=O)OCCCCC(CCC(=O)O)C(=O)O)cs3)nc2-c2csc(n2)-c2csc(n2)[C@H]([C@@H](O)c2ccccc2)NC(=O)CNC(=O)c2nc(sc2COC)C(C(C)C)NC(=O)c2nc1sc2C. The summed E-state index contributed by atoms with van der Waals surface area (Å²) in [6.07, 6.45) is -1.59. The largest absolute Gasteiger partial charge is 0.481 e. The zero-order valence-electron chi connectivity index (χ0n) is 52.3. The average molecular weight is 1430 g/mol. The van der Waals surface area contributed by atoms with Gasteiger partial charge in [0.25, 0.3) is 17.7 Å². The highest BCUT2D eigenvalue weighted by Gasteiger charge is 2.34. The summed E-state index contributed by atoms with van der Waals surface area (Å²) in [5, 5.41) is 62.7. The number of nitrogens with one attached hydrogen (secondary N) is 5. The summed E-state index contributed by atoms with van der Waals surface area (Å²) >= 11 is 6.90. The number of rotatable bonds is 23. The molecule has 0 spiro atoms. The van der Waals surface area contributed by atoms with Crippen molar-refractivity contribution >= 4 is 127 Å². The van der Waals surface area contributed by atoms with E-state index < -0.39 is 90.2 Å². The number of nitrogens with zero attached hydrogens (tertiary/aromatic N) is 8. The molecule has 28 nitrogen and oxygen atoms in total. The van der Waals surface area contributed by atoms with Crippen molar-refractivity contribution in [3.63, 3.8) is 0 Å². The molecule has 1 aliphatic rings. The van der Waals surface area contributed by atoms with Crippen LogP contribution in [0, 0.1) is 18.8 Å². The van der Waals surface area contributed by atoms with Gasteiger partial charge < -0.3 is 56.5 Å². The number of carboxylic acids is 3. The Morgan fingerprint density at radius 2 is 1.38 bits per heavy atom. The Morgan fingerprint density at radius 1 is 0.667 bits per heavy atom. The van der Waals surface area contributed by atoms with E-state index in [-0.39, 0.29) is 111 Å². The van der Waals surface area contributed by atoms with Gasteiger partial charge in [0.05, 0.1) is 54.8 Å². The normalized spacial score (nSPS) is 15.9. The van der Waals surface area contributed by atoms with Crippen LogP contribution in [0.25, 0.3) is 43.4 Å². The van der Waals surface area contributed by atoms with E-state index in [0.717, 1.165) is 56.7 Å². The van der Waals surface area contributed by atoms with Gasteiger partial charge in [0.15, 0.2) is 0 Å². The minimum absolute atomic E-state index is 0.0229. The van der Waals surface area contributed by atoms with Gasteiger partial charge in [-0.15, -0.1) is 68.0 Å². The second-order valence-corrected chi connectivity index (χ2v) is 28.0. The fraction of sp³-hybridized carbons (Fsp3) is 0.387. The fourth-order valence-electron chi connectivity index (χ4n) is 9.96. The van der Waals surface area contributed by atoms with Gasteiger partial charge in [-0.25, -0.2) is 39.7 Å². The van der Waals surface area contributed by atoms with Gasteiger partial charge in [0.2, 0.25) is 11.8 Å². The molecule has 96 heavy (non-hydrogen) atoms. The number of anilines is 1. The van der Waals surface area contributed by atoms with Gasteiger partial charge in [-0.1, -0.05) is 44.2 Å². The standard InChI is InChI=1S/C62H67N13O15S6/c1-30(2)46-60-74-49(40(96-60)25-89-5)53(84)64-24-43(77)71-50(51(82)32-13-7-6-8-14-32)59-69-39(28-93-59)57-67-37(26-92-57)48-34(55-68-38(27-91-55)52(83)66-36(23-42(76)63-4)58-73-47(31(3)95-58)54(85)72-46)18-19-35(65-48)56-70-41(29-94-56)75(21-11-9-16-44(78)79)62(88)90-22-12-10-15-33(61(86)87)17-20-45(80)81/h6-8,13-14,18-19,26-30,33,36,46,50-51,82H,9-12,15-17,20-25H2,1-5H3,(H,63,76)(H,64,84)(H,66,83)(H,71,77)(H,72,85)(H,78,79)(H,80,81)(H,86,87)/t33?,36-,46?,50-,51-/m0/s1. The van der Waals surface area contributed by atoms with Crippen molar-refractivity contribution in [2.24, 2.45) is 11.8 Å². The first-order valence-electron chi connectivity index (χ1n) is 30.1. The smallest absolute Gasteiger partial charge is 0.415 e. The number of pyridine rings is 1. The first kappa shape index (κ1) is 71.4. The molecule has 34 heteroatoms. The number of methoxy groups -OCH3 is 1. The molecule has 0 fully saturated rings. The molecule has 10 bridgehead atoms. The summed E-state index contributed by atoms with van der Waals surface area (Å²) in [5.74, 6) is -7.29. The number of amides is 6. The Morgan fingerprint density at radius 3 is 2.10 bits per heavy atom. The lowest BCUT2D eigenvalue weighted by molar-refractivity contribution is -0.143. The molecular weight excluding hydrogens is 1360 g/mol. The molecule has 1 aliphatic heterocycles. The van der Waals surface area contributed by atoms with Gasteiger partial charge in [0, 0.05) is 65.5 Å². The molecule has 2 unspecified atom stereocenters. The number of fused-ring (bicyclic) bond motifs is 14. The molecule has 506 valence electrons. The number of aliphatic carboxylic acids is 3. The van der Waals surface area contributed by atoms with Crippen molar-refractivity contribution in [1.29, 1.82) is 0 Å². The number of aromatic nitrogens is 7. The number of benzene rings is 1. The fourth-order valence-corrected chi connectivity index (χ4v) is 15.5. The van der Waals surface area contributed by atoms with E-state index in [2.05, 4.69) is 31.6 Å². The van der Waals surface area contributed by atoms with Crippen LogP contribution in [0.15, 0.2) is 64.0 Å². The van der Waals surface area contributed by atoms with E-state index in [1.165, 1.54) is 35.8 Å². The summed E-state index contributed by atoms with van der Waals surface area (Å²) in [5.41, 5.74) is 2.18. The monoisotopic (exact) mass is 1430 g/mol. The second kappa shape index (κ2) is 33.2. The van der Waals surface area contributed by atoms with Gasteiger partial charge in [0.1, 0.15) is 82.2 Å². The van der Waals surface area contributed by atoms with E-state index in [4.69, 9.17) is 44.5 Å².